The van der Waals surface area contributed by atoms with E-state index in [4.69, 9.17) is 0 Å². The zero-order valence-electron chi connectivity index (χ0n) is 8.66. The molecule has 0 atom stereocenters. The molecule has 0 heterocycles. The molecule has 0 aromatic heterocycles. The SMILES string of the molecule is CS(=O)(=O)OCCNC1CCCCC1. The Labute approximate surface area is 86.2 Å². The number of hydrogen-bond acceptors (Lipinski definition) is 4. The van der Waals surface area contributed by atoms with E-state index in [1.165, 1.54) is 32.1 Å². The highest BCUT2D eigenvalue weighted by Gasteiger charge is 2.12. The third-order valence-electron chi connectivity index (χ3n) is 2.44. The molecule has 4 nitrogen and oxygen atoms in total. The summed E-state index contributed by atoms with van der Waals surface area (Å²) >= 11 is 0. The van der Waals surface area contributed by atoms with Gasteiger partial charge in [-0.05, 0) is 12.8 Å². The summed E-state index contributed by atoms with van der Waals surface area (Å²) in [6.07, 6.45) is 7.39. The third kappa shape index (κ3) is 5.57. The van der Waals surface area contributed by atoms with Crippen LogP contribution in [0.5, 0.6) is 0 Å². The van der Waals surface area contributed by atoms with Crippen molar-refractivity contribution >= 4 is 10.1 Å². The molecule has 0 spiro atoms. The second kappa shape index (κ2) is 5.68. The lowest BCUT2D eigenvalue weighted by Gasteiger charge is -2.22. The third-order valence-corrected chi connectivity index (χ3v) is 3.03. The molecule has 1 saturated carbocycles. The van der Waals surface area contributed by atoms with Gasteiger partial charge in [-0.2, -0.15) is 8.42 Å². The van der Waals surface area contributed by atoms with Crippen molar-refractivity contribution in [1.29, 1.82) is 0 Å². The first-order valence-electron chi connectivity index (χ1n) is 5.16. The van der Waals surface area contributed by atoms with Crippen LogP contribution in [0.2, 0.25) is 0 Å². The summed E-state index contributed by atoms with van der Waals surface area (Å²) in [6, 6.07) is 0.562. The van der Waals surface area contributed by atoms with Crippen LogP contribution in [0.4, 0.5) is 0 Å². The van der Waals surface area contributed by atoms with E-state index < -0.39 is 10.1 Å². The van der Waals surface area contributed by atoms with Gasteiger partial charge in [0.25, 0.3) is 10.1 Å². The van der Waals surface area contributed by atoms with Gasteiger partial charge in [0, 0.05) is 12.6 Å². The van der Waals surface area contributed by atoms with Gasteiger partial charge in [0.15, 0.2) is 0 Å². The molecule has 1 aliphatic rings. The van der Waals surface area contributed by atoms with Gasteiger partial charge in [0.2, 0.25) is 0 Å². The van der Waals surface area contributed by atoms with Crippen molar-refractivity contribution in [1.82, 2.24) is 5.32 Å². The summed E-state index contributed by atoms with van der Waals surface area (Å²) in [5.41, 5.74) is 0. The van der Waals surface area contributed by atoms with Gasteiger partial charge in [-0.25, -0.2) is 0 Å². The molecule has 1 rings (SSSR count). The van der Waals surface area contributed by atoms with E-state index in [0.29, 0.717) is 12.6 Å². The van der Waals surface area contributed by atoms with Gasteiger partial charge in [0.1, 0.15) is 0 Å². The molecule has 0 aliphatic heterocycles. The standard InChI is InChI=1S/C9H19NO3S/c1-14(11,12)13-8-7-10-9-5-3-2-4-6-9/h9-10H,2-8H2,1H3. The van der Waals surface area contributed by atoms with Crippen molar-refractivity contribution in [3.8, 4) is 0 Å². The van der Waals surface area contributed by atoms with E-state index in [1.807, 2.05) is 0 Å². The molecule has 0 aromatic rings. The van der Waals surface area contributed by atoms with E-state index in [2.05, 4.69) is 9.50 Å². The van der Waals surface area contributed by atoms with Crippen LogP contribution in [0.25, 0.3) is 0 Å². The Morgan fingerprint density at radius 1 is 1.29 bits per heavy atom. The number of hydrogen-bond donors (Lipinski definition) is 1. The van der Waals surface area contributed by atoms with Crippen LogP contribution in [0.15, 0.2) is 0 Å². The fourth-order valence-electron chi connectivity index (χ4n) is 1.76. The zero-order valence-corrected chi connectivity index (χ0v) is 9.48. The molecule has 84 valence electrons. The quantitative estimate of drug-likeness (QED) is 0.553. The van der Waals surface area contributed by atoms with Gasteiger partial charge < -0.3 is 5.32 Å². The largest absolute Gasteiger partial charge is 0.312 e. The highest BCUT2D eigenvalue weighted by Crippen LogP contribution is 2.16. The first kappa shape index (κ1) is 11.9. The molecule has 1 aliphatic carbocycles. The fourth-order valence-corrected chi connectivity index (χ4v) is 2.15. The predicted octanol–water partition coefficient (Wildman–Crippen LogP) is 0.885. The molecule has 0 aromatic carbocycles. The van der Waals surface area contributed by atoms with Crippen LogP contribution in [-0.2, 0) is 14.3 Å². The molecule has 0 unspecified atom stereocenters. The Balaban J connectivity index is 2.03. The Morgan fingerprint density at radius 2 is 1.93 bits per heavy atom. The van der Waals surface area contributed by atoms with Crippen molar-refractivity contribution < 1.29 is 12.6 Å². The van der Waals surface area contributed by atoms with E-state index >= 15 is 0 Å². The molecule has 0 radical (unpaired) electrons. The summed E-state index contributed by atoms with van der Waals surface area (Å²) in [7, 11) is -3.27. The summed E-state index contributed by atoms with van der Waals surface area (Å²) in [6.45, 7) is 0.868. The molecule has 0 saturated heterocycles. The molecule has 14 heavy (non-hydrogen) atoms. The van der Waals surface area contributed by atoms with E-state index in [-0.39, 0.29) is 6.61 Å². The lowest BCUT2D eigenvalue weighted by atomic mass is 9.96. The lowest BCUT2D eigenvalue weighted by molar-refractivity contribution is 0.294. The van der Waals surface area contributed by atoms with Crippen molar-refractivity contribution in [3.05, 3.63) is 0 Å². The number of nitrogens with one attached hydrogen (secondary N) is 1. The van der Waals surface area contributed by atoms with Gasteiger partial charge >= 0.3 is 0 Å². The average Bonchev–Trinajstić information content (AvgIpc) is 2.13. The zero-order chi connectivity index (χ0) is 10.4. The van der Waals surface area contributed by atoms with Gasteiger partial charge in [0.05, 0.1) is 12.9 Å². The first-order chi connectivity index (χ1) is 6.58. The smallest absolute Gasteiger partial charge is 0.264 e. The summed E-state index contributed by atoms with van der Waals surface area (Å²) in [5.74, 6) is 0. The molecular formula is C9H19NO3S. The van der Waals surface area contributed by atoms with Crippen LogP contribution in [-0.4, -0.2) is 33.9 Å². The molecule has 5 heteroatoms. The van der Waals surface area contributed by atoms with Crippen LogP contribution in [0.3, 0.4) is 0 Å². The van der Waals surface area contributed by atoms with Crippen molar-refractivity contribution in [2.75, 3.05) is 19.4 Å². The molecule has 1 N–H and O–H groups in total. The lowest BCUT2D eigenvalue weighted by Crippen LogP contribution is -2.33. The van der Waals surface area contributed by atoms with Crippen LogP contribution in [0, 0.1) is 0 Å². The molecule has 0 bridgehead atoms. The van der Waals surface area contributed by atoms with Crippen LogP contribution in [0.1, 0.15) is 32.1 Å². The molecule has 1 fully saturated rings. The maximum Gasteiger partial charge on any atom is 0.264 e. The number of rotatable bonds is 5. The van der Waals surface area contributed by atoms with Gasteiger partial charge in [-0.15, -0.1) is 0 Å². The van der Waals surface area contributed by atoms with E-state index in [1.54, 1.807) is 0 Å². The Bertz CT molecular complexity index is 245. The minimum absolute atomic E-state index is 0.245. The Hall–Kier alpha value is -0.130. The Kier molecular flexibility index (Phi) is 4.84. The van der Waals surface area contributed by atoms with Gasteiger partial charge in [-0.3, -0.25) is 4.18 Å². The highest BCUT2D eigenvalue weighted by atomic mass is 32.2. The maximum absolute atomic E-state index is 10.6. The fraction of sp³-hybridized carbons (Fsp3) is 1.00. The summed E-state index contributed by atoms with van der Waals surface area (Å²) in [5, 5.41) is 3.30. The van der Waals surface area contributed by atoms with Crippen molar-refractivity contribution in [3.63, 3.8) is 0 Å². The monoisotopic (exact) mass is 221 g/mol. The molecular weight excluding hydrogens is 202 g/mol. The maximum atomic E-state index is 10.6. The normalized spacial score (nSPS) is 19.8. The second-order valence-electron chi connectivity index (χ2n) is 3.82. The van der Waals surface area contributed by atoms with Crippen LogP contribution >= 0.6 is 0 Å². The van der Waals surface area contributed by atoms with Crippen molar-refractivity contribution in [2.24, 2.45) is 0 Å². The average molecular weight is 221 g/mol. The van der Waals surface area contributed by atoms with Crippen molar-refractivity contribution in [2.45, 2.75) is 38.1 Å². The minimum atomic E-state index is -3.27. The summed E-state index contributed by atoms with van der Waals surface area (Å²) < 4.78 is 25.9. The van der Waals surface area contributed by atoms with Crippen LogP contribution < -0.4 is 5.32 Å². The predicted molar refractivity (Wildman–Crippen MR) is 55.7 cm³/mol. The van der Waals surface area contributed by atoms with E-state index in [9.17, 15) is 8.42 Å². The minimum Gasteiger partial charge on any atom is -0.312 e. The molecule has 0 amide bonds. The van der Waals surface area contributed by atoms with Gasteiger partial charge in [-0.1, -0.05) is 19.3 Å². The topological polar surface area (TPSA) is 55.4 Å². The highest BCUT2D eigenvalue weighted by molar-refractivity contribution is 7.85. The van der Waals surface area contributed by atoms with E-state index in [0.717, 1.165) is 6.26 Å². The Morgan fingerprint density at radius 3 is 2.50 bits per heavy atom. The second-order valence-corrected chi connectivity index (χ2v) is 5.46. The summed E-state index contributed by atoms with van der Waals surface area (Å²) in [4.78, 5) is 0. The first-order valence-corrected chi connectivity index (χ1v) is 6.97.